The van der Waals surface area contributed by atoms with E-state index in [1.165, 1.54) is 0 Å². The summed E-state index contributed by atoms with van der Waals surface area (Å²) in [6.07, 6.45) is 5.29. The van der Waals surface area contributed by atoms with Crippen LogP contribution in [0.2, 0.25) is 0 Å². The second-order valence-electron chi connectivity index (χ2n) is 3.97. The minimum Gasteiger partial charge on any atom is -0.481 e. The van der Waals surface area contributed by atoms with Gasteiger partial charge in [-0.3, -0.25) is 0 Å². The molecule has 0 aromatic carbocycles. The van der Waals surface area contributed by atoms with Crippen molar-refractivity contribution in [2.45, 2.75) is 6.54 Å². The normalized spacial score (nSPS) is 10.6. The van der Waals surface area contributed by atoms with Crippen molar-refractivity contribution in [1.29, 1.82) is 0 Å². The Labute approximate surface area is 110 Å². The van der Waals surface area contributed by atoms with Crippen LogP contribution in [0.3, 0.4) is 0 Å². The fourth-order valence-corrected chi connectivity index (χ4v) is 1.84. The number of aromatic nitrogens is 4. The number of nitrogens with one attached hydrogen (secondary N) is 1. The molecule has 0 fully saturated rings. The van der Waals surface area contributed by atoms with Gasteiger partial charge in [-0.1, -0.05) is 6.07 Å². The number of rotatable bonds is 4. The van der Waals surface area contributed by atoms with Crippen LogP contribution < -0.4 is 10.1 Å². The molecule has 3 rings (SSSR count). The van der Waals surface area contributed by atoms with E-state index in [0.717, 1.165) is 17.0 Å². The van der Waals surface area contributed by atoms with E-state index in [2.05, 4.69) is 20.4 Å². The van der Waals surface area contributed by atoms with Crippen molar-refractivity contribution in [3.63, 3.8) is 0 Å². The van der Waals surface area contributed by atoms with Crippen LogP contribution in [-0.4, -0.2) is 26.7 Å². The molecule has 0 aliphatic heterocycles. The largest absolute Gasteiger partial charge is 0.481 e. The van der Waals surface area contributed by atoms with Crippen LogP contribution in [0.25, 0.3) is 5.65 Å². The highest BCUT2D eigenvalue weighted by Crippen LogP contribution is 2.15. The van der Waals surface area contributed by atoms with E-state index in [4.69, 9.17) is 4.74 Å². The average molecular weight is 255 g/mol. The molecule has 0 aliphatic rings. The molecule has 0 unspecified atom stereocenters. The Bertz CT molecular complexity index is 694. The third-order valence-corrected chi connectivity index (χ3v) is 2.76. The number of hydrogen-bond acceptors (Lipinski definition) is 5. The molecule has 0 saturated heterocycles. The van der Waals surface area contributed by atoms with E-state index in [1.807, 2.05) is 30.5 Å². The first-order valence-corrected chi connectivity index (χ1v) is 5.89. The summed E-state index contributed by atoms with van der Waals surface area (Å²) in [5.74, 6) is 1.42. The number of nitrogens with zero attached hydrogens (tertiary/aromatic N) is 4. The molecule has 0 atom stereocenters. The fourth-order valence-electron chi connectivity index (χ4n) is 1.84. The molecule has 6 nitrogen and oxygen atoms in total. The molecule has 6 heteroatoms. The highest BCUT2D eigenvalue weighted by molar-refractivity contribution is 5.46. The zero-order valence-electron chi connectivity index (χ0n) is 10.4. The maximum absolute atomic E-state index is 5.21. The number of anilines is 1. The third kappa shape index (κ3) is 2.33. The van der Waals surface area contributed by atoms with Crippen molar-refractivity contribution in [3.05, 3.63) is 48.4 Å². The summed E-state index contributed by atoms with van der Waals surface area (Å²) < 4.78 is 6.92. The van der Waals surface area contributed by atoms with E-state index < -0.39 is 0 Å². The molecule has 0 radical (unpaired) electrons. The van der Waals surface area contributed by atoms with Crippen LogP contribution in [0, 0.1) is 0 Å². The second kappa shape index (κ2) is 4.93. The zero-order valence-corrected chi connectivity index (χ0v) is 10.4. The molecular formula is C13H13N5O. The summed E-state index contributed by atoms with van der Waals surface area (Å²) in [6.45, 7) is 0.605. The smallest absolute Gasteiger partial charge is 0.218 e. The maximum atomic E-state index is 5.21. The summed E-state index contributed by atoms with van der Waals surface area (Å²) in [5, 5.41) is 7.35. The van der Waals surface area contributed by atoms with Gasteiger partial charge in [0.25, 0.3) is 0 Å². The van der Waals surface area contributed by atoms with Crippen molar-refractivity contribution < 1.29 is 4.74 Å². The predicted octanol–water partition coefficient (Wildman–Crippen LogP) is 1.74. The molecule has 3 heterocycles. The topological polar surface area (TPSA) is 64.3 Å². The van der Waals surface area contributed by atoms with Crippen LogP contribution in [0.1, 0.15) is 5.56 Å². The first-order valence-electron chi connectivity index (χ1n) is 5.89. The molecule has 0 bridgehead atoms. The number of hydrogen-bond donors (Lipinski definition) is 1. The molecule has 3 aromatic heterocycles. The molecule has 1 N–H and O–H groups in total. The highest BCUT2D eigenvalue weighted by atomic mass is 16.5. The van der Waals surface area contributed by atoms with Gasteiger partial charge in [0.15, 0.2) is 5.65 Å². The Morgan fingerprint density at radius 2 is 2.21 bits per heavy atom. The van der Waals surface area contributed by atoms with Gasteiger partial charge in [0.2, 0.25) is 5.88 Å². The van der Waals surface area contributed by atoms with E-state index in [0.29, 0.717) is 12.4 Å². The number of fused-ring (bicyclic) bond motifs is 1. The third-order valence-electron chi connectivity index (χ3n) is 2.76. The van der Waals surface area contributed by atoms with Crippen LogP contribution in [0.4, 0.5) is 5.82 Å². The lowest BCUT2D eigenvalue weighted by Crippen LogP contribution is -2.04. The van der Waals surface area contributed by atoms with Crippen LogP contribution >= 0.6 is 0 Å². The lowest BCUT2D eigenvalue weighted by atomic mass is 10.2. The lowest BCUT2D eigenvalue weighted by Gasteiger charge is -2.08. The minimum absolute atomic E-state index is 0.605. The number of ether oxygens (including phenoxy) is 1. The quantitative estimate of drug-likeness (QED) is 0.769. The van der Waals surface area contributed by atoms with E-state index in [1.54, 1.807) is 24.0 Å². The Kier molecular flexibility index (Phi) is 2.97. The van der Waals surface area contributed by atoms with Crippen molar-refractivity contribution in [2.75, 3.05) is 12.4 Å². The Morgan fingerprint density at radius 3 is 3.11 bits per heavy atom. The maximum Gasteiger partial charge on any atom is 0.218 e. The average Bonchev–Trinajstić information content (AvgIpc) is 2.93. The Hall–Kier alpha value is -2.63. The first kappa shape index (κ1) is 11.5. The first-order chi connectivity index (χ1) is 9.36. The Balaban J connectivity index is 1.78. The molecule has 96 valence electrons. The number of pyridine rings is 1. The van der Waals surface area contributed by atoms with E-state index in [9.17, 15) is 0 Å². The molecule has 19 heavy (non-hydrogen) atoms. The molecular weight excluding hydrogens is 242 g/mol. The van der Waals surface area contributed by atoms with Crippen LogP contribution in [0.5, 0.6) is 5.88 Å². The lowest BCUT2D eigenvalue weighted by molar-refractivity contribution is 0.393. The number of methoxy groups -OCH3 is 1. The molecule has 0 amide bonds. The van der Waals surface area contributed by atoms with Crippen molar-refractivity contribution in [1.82, 2.24) is 19.6 Å². The Morgan fingerprint density at radius 1 is 1.26 bits per heavy atom. The van der Waals surface area contributed by atoms with Crippen molar-refractivity contribution in [3.8, 4) is 5.88 Å². The van der Waals surface area contributed by atoms with Crippen molar-refractivity contribution >= 4 is 11.5 Å². The SMILES string of the molecule is COc1ncccc1CNc1ccn2nccc2n1. The summed E-state index contributed by atoms with van der Waals surface area (Å²) in [5.41, 5.74) is 1.79. The summed E-state index contributed by atoms with van der Waals surface area (Å²) in [4.78, 5) is 8.59. The fraction of sp³-hybridized carbons (Fsp3) is 0.154. The van der Waals surface area contributed by atoms with Crippen LogP contribution in [-0.2, 0) is 6.54 Å². The van der Waals surface area contributed by atoms with Gasteiger partial charge in [0, 0.05) is 30.6 Å². The van der Waals surface area contributed by atoms with Gasteiger partial charge in [0.1, 0.15) is 5.82 Å². The zero-order chi connectivity index (χ0) is 13.1. The van der Waals surface area contributed by atoms with Gasteiger partial charge < -0.3 is 10.1 Å². The van der Waals surface area contributed by atoms with E-state index in [-0.39, 0.29) is 0 Å². The molecule has 0 spiro atoms. The summed E-state index contributed by atoms with van der Waals surface area (Å²) in [6, 6.07) is 7.59. The minimum atomic E-state index is 0.605. The molecule has 3 aromatic rings. The van der Waals surface area contributed by atoms with Crippen molar-refractivity contribution in [2.24, 2.45) is 0 Å². The van der Waals surface area contributed by atoms with Gasteiger partial charge in [0.05, 0.1) is 13.3 Å². The summed E-state index contributed by atoms with van der Waals surface area (Å²) in [7, 11) is 1.61. The molecule has 0 saturated carbocycles. The van der Waals surface area contributed by atoms with E-state index >= 15 is 0 Å². The van der Waals surface area contributed by atoms with Gasteiger partial charge >= 0.3 is 0 Å². The molecule has 0 aliphatic carbocycles. The second-order valence-corrected chi connectivity index (χ2v) is 3.97. The van der Waals surface area contributed by atoms with Gasteiger partial charge in [-0.2, -0.15) is 5.10 Å². The van der Waals surface area contributed by atoms with Crippen LogP contribution in [0.15, 0.2) is 42.9 Å². The standard InChI is InChI=1S/C13H13N5O/c1-19-13-10(3-2-6-14-13)9-15-11-5-8-18-12(17-11)4-7-16-18/h2-8H,9H2,1H3,(H,15,17). The van der Waals surface area contributed by atoms with Gasteiger partial charge in [-0.15, -0.1) is 0 Å². The highest BCUT2D eigenvalue weighted by Gasteiger charge is 2.04. The van der Waals surface area contributed by atoms with Gasteiger partial charge in [-0.05, 0) is 12.1 Å². The van der Waals surface area contributed by atoms with Gasteiger partial charge in [-0.25, -0.2) is 14.5 Å². The predicted molar refractivity (Wildman–Crippen MR) is 71.1 cm³/mol. The summed E-state index contributed by atoms with van der Waals surface area (Å²) >= 11 is 0. The monoisotopic (exact) mass is 255 g/mol.